The second-order valence-corrected chi connectivity index (χ2v) is 5.57. The van der Waals surface area contributed by atoms with Crippen molar-refractivity contribution in [2.75, 3.05) is 0 Å². The summed E-state index contributed by atoms with van der Waals surface area (Å²) in [5, 5.41) is 0. The number of carbonyl (C=O) groups is 2. The molecule has 0 aliphatic rings. The lowest BCUT2D eigenvalue weighted by atomic mass is 9.79. The largest absolute Gasteiger partial charge is 0.300 e. The van der Waals surface area contributed by atoms with Gasteiger partial charge in [0.15, 0.2) is 0 Å². The van der Waals surface area contributed by atoms with Gasteiger partial charge in [-0.2, -0.15) is 0 Å². The smallest absolute Gasteiger partial charge is 0.142 e. The number of terminal acetylenes is 1. The van der Waals surface area contributed by atoms with Crippen molar-refractivity contribution in [2.45, 2.75) is 59.8 Å². The van der Waals surface area contributed by atoms with E-state index in [4.69, 9.17) is 6.42 Å². The third-order valence-corrected chi connectivity index (χ3v) is 2.76. The highest BCUT2D eigenvalue weighted by Gasteiger charge is 2.30. The summed E-state index contributed by atoms with van der Waals surface area (Å²) in [5.41, 5.74) is -0.424. The van der Waals surface area contributed by atoms with Crippen molar-refractivity contribution in [3.8, 4) is 12.3 Å². The second-order valence-electron chi connectivity index (χ2n) is 5.57. The van der Waals surface area contributed by atoms with Crippen LogP contribution in [0.4, 0.5) is 0 Å². The first-order valence-electron chi connectivity index (χ1n) is 6.32. The normalized spacial score (nSPS) is 12.9. The Labute approximate surface area is 105 Å². The van der Waals surface area contributed by atoms with Gasteiger partial charge in [0, 0.05) is 30.6 Å². The average molecular weight is 236 g/mol. The van der Waals surface area contributed by atoms with E-state index in [1.54, 1.807) is 0 Å². The van der Waals surface area contributed by atoms with Crippen LogP contribution in [0.25, 0.3) is 0 Å². The van der Waals surface area contributed by atoms with E-state index in [0.717, 1.165) is 12.8 Å². The zero-order valence-corrected chi connectivity index (χ0v) is 11.5. The molecule has 0 saturated heterocycles. The number of ketones is 2. The van der Waals surface area contributed by atoms with Crippen LogP contribution in [-0.4, -0.2) is 11.6 Å². The number of unbranched alkanes of at least 4 members (excludes halogenated alkanes) is 1. The van der Waals surface area contributed by atoms with E-state index >= 15 is 0 Å². The Morgan fingerprint density at radius 3 is 2.29 bits per heavy atom. The van der Waals surface area contributed by atoms with Crippen molar-refractivity contribution in [1.82, 2.24) is 0 Å². The molecular weight excluding hydrogens is 212 g/mol. The molecule has 0 aliphatic heterocycles. The summed E-state index contributed by atoms with van der Waals surface area (Å²) in [4.78, 5) is 23.8. The maximum absolute atomic E-state index is 12.1. The third kappa shape index (κ3) is 6.26. The van der Waals surface area contributed by atoms with E-state index in [2.05, 4.69) is 5.92 Å². The summed E-state index contributed by atoms with van der Waals surface area (Å²) in [5.74, 6) is 2.46. The van der Waals surface area contributed by atoms with Crippen LogP contribution < -0.4 is 0 Å². The molecule has 0 heterocycles. The van der Waals surface area contributed by atoms with E-state index in [1.807, 2.05) is 27.7 Å². The minimum absolute atomic E-state index is 0.0975. The Morgan fingerprint density at radius 2 is 1.88 bits per heavy atom. The molecule has 0 amide bonds. The van der Waals surface area contributed by atoms with Gasteiger partial charge >= 0.3 is 0 Å². The van der Waals surface area contributed by atoms with Crippen molar-refractivity contribution >= 4 is 11.6 Å². The Kier molecular flexibility index (Phi) is 6.80. The van der Waals surface area contributed by atoms with Gasteiger partial charge in [0.1, 0.15) is 11.6 Å². The van der Waals surface area contributed by atoms with E-state index in [9.17, 15) is 9.59 Å². The third-order valence-electron chi connectivity index (χ3n) is 2.76. The van der Waals surface area contributed by atoms with Crippen molar-refractivity contribution in [2.24, 2.45) is 11.3 Å². The van der Waals surface area contributed by atoms with Crippen molar-refractivity contribution in [3.63, 3.8) is 0 Å². The lowest BCUT2D eigenvalue weighted by Gasteiger charge is -2.22. The first-order chi connectivity index (χ1) is 7.82. The van der Waals surface area contributed by atoms with Gasteiger partial charge in [-0.25, -0.2) is 0 Å². The zero-order chi connectivity index (χ0) is 13.5. The average Bonchev–Trinajstić information content (AvgIpc) is 2.23. The fourth-order valence-corrected chi connectivity index (χ4v) is 1.76. The Bertz CT molecular complexity index is 302. The van der Waals surface area contributed by atoms with Gasteiger partial charge < -0.3 is 0 Å². The molecular formula is C15H24O2. The van der Waals surface area contributed by atoms with Crippen LogP contribution in [0.1, 0.15) is 59.8 Å². The van der Waals surface area contributed by atoms with Gasteiger partial charge in [0.25, 0.3) is 0 Å². The fourth-order valence-electron chi connectivity index (χ4n) is 1.76. The maximum atomic E-state index is 12.1. The summed E-state index contributed by atoms with van der Waals surface area (Å²) >= 11 is 0. The van der Waals surface area contributed by atoms with E-state index in [-0.39, 0.29) is 17.5 Å². The molecule has 0 bridgehead atoms. The van der Waals surface area contributed by atoms with E-state index in [0.29, 0.717) is 19.3 Å². The van der Waals surface area contributed by atoms with Crippen molar-refractivity contribution < 1.29 is 9.59 Å². The highest BCUT2D eigenvalue weighted by atomic mass is 16.1. The van der Waals surface area contributed by atoms with Gasteiger partial charge in [0.2, 0.25) is 0 Å². The number of hydrogen-bond donors (Lipinski definition) is 0. The highest BCUT2D eigenvalue weighted by molar-refractivity contribution is 5.91. The maximum Gasteiger partial charge on any atom is 0.142 e. The van der Waals surface area contributed by atoms with Crippen LogP contribution in [0.15, 0.2) is 0 Å². The first kappa shape index (κ1) is 15.9. The quantitative estimate of drug-likeness (QED) is 0.635. The summed E-state index contributed by atoms with van der Waals surface area (Å²) in [6.07, 6.45) is 8.41. The van der Waals surface area contributed by atoms with Gasteiger partial charge in [-0.05, 0) is 6.42 Å². The molecule has 0 N–H and O–H groups in total. The summed E-state index contributed by atoms with van der Waals surface area (Å²) in [6.45, 7) is 7.66. The molecule has 0 radical (unpaired) electrons. The second kappa shape index (κ2) is 7.27. The molecule has 2 heteroatoms. The lowest BCUT2D eigenvalue weighted by molar-refractivity contribution is -0.133. The van der Waals surface area contributed by atoms with Gasteiger partial charge in [-0.3, -0.25) is 9.59 Å². The zero-order valence-electron chi connectivity index (χ0n) is 11.5. The molecule has 2 nitrogen and oxygen atoms in total. The summed E-state index contributed by atoms with van der Waals surface area (Å²) in [6, 6.07) is 0. The number of hydrogen-bond acceptors (Lipinski definition) is 2. The molecule has 1 atom stereocenters. The topological polar surface area (TPSA) is 34.1 Å². The molecule has 0 saturated carbocycles. The summed E-state index contributed by atoms with van der Waals surface area (Å²) in [7, 11) is 0. The minimum atomic E-state index is -0.424. The van der Waals surface area contributed by atoms with Crippen LogP contribution in [0, 0.1) is 23.7 Å². The van der Waals surface area contributed by atoms with Crippen molar-refractivity contribution in [3.05, 3.63) is 0 Å². The Hall–Kier alpha value is -1.10. The predicted molar refractivity (Wildman–Crippen MR) is 70.6 cm³/mol. The number of Topliss-reactive ketones (excluding diaryl/α,β-unsaturated/α-hetero) is 2. The number of rotatable bonds is 7. The van der Waals surface area contributed by atoms with Crippen LogP contribution in [0.3, 0.4) is 0 Å². The Morgan fingerprint density at radius 1 is 1.29 bits per heavy atom. The summed E-state index contributed by atoms with van der Waals surface area (Å²) < 4.78 is 0. The molecule has 0 aromatic heterocycles. The molecule has 0 fully saturated rings. The first-order valence-corrected chi connectivity index (χ1v) is 6.32. The lowest BCUT2D eigenvalue weighted by Crippen LogP contribution is -2.29. The van der Waals surface area contributed by atoms with Gasteiger partial charge in [-0.15, -0.1) is 12.3 Å². The monoisotopic (exact) mass is 236 g/mol. The van der Waals surface area contributed by atoms with Crippen LogP contribution in [0.2, 0.25) is 0 Å². The van der Waals surface area contributed by atoms with Gasteiger partial charge in [0.05, 0.1) is 0 Å². The molecule has 0 aromatic carbocycles. The Balaban J connectivity index is 4.50. The standard InChI is InChI=1S/C15H24O2/c1-6-8-10-13(16)11-12(9-7-2)14(17)15(3,4)5/h2,12H,6,8-11H2,1,3-5H3. The SMILES string of the molecule is C#CCC(CC(=O)CCCC)C(=O)C(C)(C)C. The molecule has 1 unspecified atom stereocenters. The fraction of sp³-hybridized carbons (Fsp3) is 0.733. The van der Waals surface area contributed by atoms with E-state index in [1.165, 1.54) is 0 Å². The van der Waals surface area contributed by atoms with Crippen LogP contribution in [-0.2, 0) is 9.59 Å². The molecule has 96 valence electrons. The number of carbonyl (C=O) groups excluding carboxylic acids is 2. The molecule has 0 aromatic rings. The van der Waals surface area contributed by atoms with Crippen LogP contribution in [0.5, 0.6) is 0 Å². The molecule has 0 aliphatic carbocycles. The molecule has 17 heavy (non-hydrogen) atoms. The molecule has 0 spiro atoms. The minimum Gasteiger partial charge on any atom is -0.300 e. The predicted octanol–water partition coefficient (Wildman–Crippen LogP) is 3.39. The van der Waals surface area contributed by atoms with Gasteiger partial charge in [-0.1, -0.05) is 34.1 Å². The molecule has 0 rings (SSSR count). The van der Waals surface area contributed by atoms with Crippen LogP contribution >= 0.6 is 0 Å². The van der Waals surface area contributed by atoms with E-state index < -0.39 is 5.41 Å². The highest BCUT2D eigenvalue weighted by Crippen LogP contribution is 2.25. The van der Waals surface area contributed by atoms with Crippen molar-refractivity contribution in [1.29, 1.82) is 0 Å².